The lowest BCUT2D eigenvalue weighted by molar-refractivity contribution is -0.118. The molecule has 0 N–H and O–H groups in total. The summed E-state index contributed by atoms with van der Waals surface area (Å²) in [5, 5.41) is 0.741. The van der Waals surface area contributed by atoms with Gasteiger partial charge in [-0.05, 0) is 64.2 Å². The Morgan fingerprint density at radius 2 is 1.90 bits per heavy atom. The van der Waals surface area contributed by atoms with Crippen LogP contribution in [0.1, 0.15) is 23.6 Å². The average Bonchev–Trinajstić information content (AvgIpc) is 3.07. The molecule has 0 saturated heterocycles. The molecule has 0 aliphatic heterocycles. The lowest BCUT2D eigenvalue weighted by Crippen LogP contribution is -2.37. The van der Waals surface area contributed by atoms with Crippen molar-refractivity contribution in [2.24, 2.45) is 0 Å². The molecule has 0 atom stereocenters. The molecule has 1 heterocycles. The van der Waals surface area contributed by atoms with E-state index in [2.05, 4.69) is 36.9 Å². The molecule has 0 bridgehead atoms. The van der Waals surface area contributed by atoms with Gasteiger partial charge in [0.25, 0.3) is 0 Å². The van der Waals surface area contributed by atoms with Gasteiger partial charge in [0.2, 0.25) is 5.91 Å². The van der Waals surface area contributed by atoms with Gasteiger partial charge in [-0.1, -0.05) is 35.1 Å². The molecule has 154 valence electrons. The van der Waals surface area contributed by atoms with Crippen molar-refractivity contribution in [3.63, 3.8) is 0 Å². The molecule has 29 heavy (non-hydrogen) atoms. The normalized spacial score (nSPS) is 11.2. The van der Waals surface area contributed by atoms with E-state index in [1.807, 2.05) is 44.1 Å². The number of thiazole rings is 1. The van der Waals surface area contributed by atoms with Crippen LogP contribution < -0.4 is 9.64 Å². The molecule has 5 nitrogen and oxygen atoms in total. The van der Waals surface area contributed by atoms with Gasteiger partial charge in [0.1, 0.15) is 5.75 Å². The molecular weight excluding hydrogens is 382 g/mol. The Hall–Kier alpha value is -2.44. The summed E-state index contributed by atoms with van der Waals surface area (Å²) < 4.78 is 6.63. The number of benzene rings is 2. The molecule has 0 aliphatic carbocycles. The molecule has 0 spiro atoms. The Morgan fingerprint density at radius 1 is 1.10 bits per heavy atom. The second kappa shape index (κ2) is 9.37. The minimum atomic E-state index is 0.0721. The molecule has 0 radical (unpaired) electrons. The van der Waals surface area contributed by atoms with Crippen LogP contribution in [0.4, 0.5) is 5.13 Å². The van der Waals surface area contributed by atoms with Gasteiger partial charge in [-0.15, -0.1) is 0 Å². The number of hydrogen-bond donors (Lipinski definition) is 0. The molecule has 3 rings (SSSR count). The van der Waals surface area contributed by atoms with Crippen LogP contribution in [-0.4, -0.2) is 49.6 Å². The first kappa shape index (κ1) is 21.3. The molecule has 0 fully saturated rings. The van der Waals surface area contributed by atoms with Gasteiger partial charge >= 0.3 is 0 Å². The van der Waals surface area contributed by atoms with Crippen molar-refractivity contribution in [2.75, 3.05) is 38.7 Å². The van der Waals surface area contributed by atoms with Crippen LogP contribution in [0, 0.1) is 13.8 Å². The summed E-state index contributed by atoms with van der Waals surface area (Å²) in [4.78, 5) is 21.9. The molecule has 2 aromatic carbocycles. The fourth-order valence-corrected chi connectivity index (χ4v) is 4.23. The molecule has 0 aliphatic rings. The number of carbonyl (C=O) groups excluding carboxylic acids is 1. The summed E-state index contributed by atoms with van der Waals surface area (Å²) in [7, 11) is 4.03. The summed E-state index contributed by atoms with van der Waals surface area (Å²) >= 11 is 1.54. The Morgan fingerprint density at radius 3 is 2.59 bits per heavy atom. The maximum absolute atomic E-state index is 13.3. The molecule has 3 aromatic rings. The second-order valence-corrected chi connectivity index (χ2v) is 8.52. The van der Waals surface area contributed by atoms with Crippen molar-refractivity contribution in [2.45, 2.75) is 27.2 Å². The van der Waals surface area contributed by atoms with E-state index < -0.39 is 0 Å². The molecule has 0 saturated carbocycles. The Kier molecular flexibility index (Phi) is 6.87. The van der Waals surface area contributed by atoms with Gasteiger partial charge in [0, 0.05) is 13.1 Å². The van der Waals surface area contributed by atoms with E-state index in [1.165, 1.54) is 16.9 Å². The van der Waals surface area contributed by atoms with Crippen LogP contribution >= 0.6 is 11.3 Å². The highest BCUT2D eigenvalue weighted by Gasteiger charge is 2.21. The maximum Gasteiger partial charge on any atom is 0.233 e. The van der Waals surface area contributed by atoms with Crippen LogP contribution in [0.5, 0.6) is 5.75 Å². The van der Waals surface area contributed by atoms with E-state index in [0.717, 1.165) is 38.8 Å². The minimum Gasteiger partial charge on any atom is -0.494 e. The fraction of sp³-hybridized carbons (Fsp3) is 0.391. The minimum absolute atomic E-state index is 0.0721. The lowest BCUT2D eigenvalue weighted by atomic mass is 10.0. The predicted molar refractivity (Wildman–Crippen MR) is 121 cm³/mol. The molecule has 0 unspecified atom stereocenters. The van der Waals surface area contributed by atoms with Crippen molar-refractivity contribution in [3.05, 3.63) is 53.1 Å². The van der Waals surface area contributed by atoms with Crippen molar-refractivity contribution < 1.29 is 9.53 Å². The van der Waals surface area contributed by atoms with Gasteiger partial charge in [-0.3, -0.25) is 9.69 Å². The summed E-state index contributed by atoms with van der Waals surface area (Å²) in [6.07, 6.45) is 0.375. The summed E-state index contributed by atoms with van der Waals surface area (Å²) in [5.41, 5.74) is 4.31. The van der Waals surface area contributed by atoms with Crippen LogP contribution in [0.3, 0.4) is 0 Å². The van der Waals surface area contributed by atoms with Gasteiger partial charge in [0.15, 0.2) is 5.13 Å². The van der Waals surface area contributed by atoms with E-state index in [4.69, 9.17) is 9.72 Å². The number of nitrogens with zero attached hydrogens (tertiary/aromatic N) is 3. The Balaban J connectivity index is 1.89. The zero-order valence-electron chi connectivity index (χ0n) is 17.9. The van der Waals surface area contributed by atoms with Crippen molar-refractivity contribution in [3.8, 4) is 5.75 Å². The van der Waals surface area contributed by atoms with Gasteiger partial charge in [-0.2, -0.15) is 0 Å². The SMILES string of the molecule is CCOc1ccc2nc(N(CCN(C)C)C(=O)Cc3ccc(C)cc3C)sc2c1. The van der Waals surface area contributed by atoms with E-state index in [9.17, 15) is 4.79 Å². The van der Waals surface area contributed by atoms with Gasteiger partial charge < -0.3 is 9.64 Å². The van der Waals surface area contributed by atoms with Gasteiger partial charge in [-0.25, -0.2) is 4.98 Å². The third kappa shape index (κ3) is 5.34. The van der Waals surface area contributed by atoms with E-state index >= 15 is 0 Å². The van der Waals surface area contributed by atoms with Crippen LogP contribution in [0.15, 0.2) is 36.4 Å². The summed E-state index contributed by atoms with van der Waals surface area (Å²) in [6.45, 7) is 8.11. The largest absolute Gasteiger partial charge is 0.494 e. The van der Waals surface area contributed by atoms with E-state index in [1.54, 1.807) is 0 Å². The molecule has 1 aromatic heterocycles. The first-order valence-corrected chi connectivity index (χ1v) is 10.7. The molecular formula is C23H29N3O2S. The average molecular weight is 412 g/mol. The van der Waals surface area contributed by atoms with E-state index in [0.29, 0.717) is 19.6 Å². The van der Waals surface area contributed by atoms with Crippen LogP contribution in [0.2, 0.25) is 0 Å². The number of aryl methyl sites for hydroxylation is 2. The molecule has 1 amide bonds. The lowest BCUT2D eigenvalue weighted by Gasteiger charge is -2.22. The van der Waals surface area contributed by atoms with Crippen LogP contribution in [0.25, 0.3) is 10.2 Å². The number of ether oxygens (including phenoxy) is 1. The number of hydrogen-bond acceptors (Lipinski definition) is 5. The monoisotopic (exact) mass is 411 g/mol. The first-order valence-electron chi connectivity index (χ1n) is 9.92. The topological polar surface area (TPSA) is 45.7 Å². The zero-order valence-corrected chi connectivity index (χ0v) is 18.7. The highest BCUT2D eigenvalue weighted by molar-refractivity contribution is 7.22. The zero-order chi connectivity index (χ0) is 21.0. The van der Waals surface area contributed by atoms with Crippen molar-refractivity contribution >= 4 is 32.6 Å². The number of rotatable bonds is 8. The number of anilines is 1. The number of amides is 1. The van der Waals surface area contributed by atoms with Gasteiger partial charge in [0.05, 0.1) is 23.2 Å². The Labute approximate surface area is 176 Å². The summed E-state index contributed by atoms with van der Waals surface area (Å²) in [5.74, 6) is 0.902. The second-order valence-electron chi connectivity index (χ2n) is 7.51. The first-order chi connectivity index (χ1) is 13.9. The predicted octanol–water partition coefficient (Wildman–Crippen LogP) is 4.45. The fourth-order valence-electron chi connectivity index (χ4n) is 3.19. The third-order valence-corrected chi connectivity index (χ3v) is 5.84. The Bertz CT molecular complexity index is 997. The van der Waals surface area contributed by atoms with E-state index in [-0.39, 0.29) is 5.91 Å². The number of aromatic nitrogens is 1. The number of carbonyl (C=O) groups is 1. The van der Waals surface area contributed by atoms with Crippen LogP contribution in [-0.2, 0) is 11.2 Å². The smallest absolute Gasteiger partial charge is 0.233 e. The maximum atomic E-state index is 13.3. The quantitative estimate of drug-likeness (QED) is 0.549. The highest BCUT2D eigenvalue weighted by Crippen LogP contribution is 2.32. The summed E-state index contributed by atoms with van der Waals surface area (Å²) in [6, 6.07) is 12.1. The number of fused-ring (bicyclic) bond motifs is 1. The van der Waals surface area contributed by atoms with Crippen molar-refractivity contribution in [1.82, 2.24) is 9.88 Å². The standard InChI is InChI=1S/C23H29N3O2S/c1-6-28-19-9-10-20-21(15-19)29-23(24-20)26(12-11-25(4)5)22(27)14-18-8-7-16(2)13-17(18)3/h7-10,13,15H,6,11-12,14H2,1-5H3. The number of likely N-dealkylation sites (N-methyl/N-ethyl adjacent to an activating group) is 1. The molecule has 6 heteroatoms. The highest BCUT2D eigenvalue weighted by atomic mass is 32.1. The van der Waals surface area contributed by atoms with Crippen molar-refractivity contribution in [1.29, 1.82) is 0 Å². The third-order valence-electron chi connectivity index (χ3n) is 4.80.